The molecular formula is C50H30N4O. The lowest BCUT2D eigenvalue weighted by atomic mass is 9.90. The first kappa shape index (κ1) is 31.1. The molecule has 0 amide bonds. The van der Waals surface area contributed by atoms with Crippen LogP contribution in [0.3, 0.4) is 0 Å². The van der Waals surface area contributed by atoms with Crippen LogP contribution in [-0.2, 0) is 0 Å². The lowest BCUT2D eigenvalue weighted by molar-refractivity contribution is 0.669. The fourth-order valence-electron chi connectivity index (χ4n) is 7.98. The number of hydrogen-bond donors (Lipinski definition) is 0. The standard InChI is InChI=1S/C50H30N4O/c1-2-10-31(11-3-1)35-13-8-14-37(28-35)49-52-48(53-50(54-49)41-17-9-19-45-47(41)40-16-6-7-18-44(40)55-45)34-22-20-33(21-23-34)42-29-36-26-27-51-30-43(36)39-25-24-32-12-4-5-15-38(32)46(39)42/h1-30H. The maximum absolute atomic E-state index is 6.27. The lowest BCUT2D eigenvalue weighted by Gasteiger charge is -2.14. The van der Waals surface area contributed by atoms with Crippen LogP contribution in [0.2, 0.25) is 0 Å². The van der Waals surface area contributed by atoms with Crippen molar-refractivity contribution in [1.82, 2.24) is 19.9 Å². The van der Waals surface area contributed by atoms with E-state index in [1.165, 1.54) is 27.1 Å². The molecule has 0 saturated carbocycles. The molecule has 0 radical (unpaired) electrons. The third kappa shape index (κ3) is 5.24. The van der Waals surface area contributed by atoms with Crippen molar-refractivity contribution in [2.24, 2.45) is 0 Å². The van der Waals surface area contributed by atoms with Gasteiger partial charge in [-0.15, -0.1) is 0 Å². The van der Waals surface area contributed by atoms with Crippen molar-refractivity contribution in [3.05, 3.63) is 182 Å². The molecule has 11 aromatic rings. The highest BCUT2D eigenvalue weighted by molar-refractivity contribution is 6.22. The molecule has 0 aliphatic carbocycles. The first-order valence-electron chi connectivity index (χ1n) is 18.4. The predicted octanol–water partition coefficient (Wildman–Crippen LogP) is 13.0. The van der Waals surface area contributed by atoms with Gasteiger partial charge in [0.2, 0.25) is 0 Å². The smallest absolute Gasteiger partial charge is 0.164 e. The molecule has 0 unspecified atom stereocenters. The Kier molecular flexibility index (Phi) is 7.10. The number of benzene rings is 8. The summed E-state index contributed by atoms with van der Waals surface area (Å²) in [6.07, 6.45) is 3.83. The fourth-order valence-corrected chi connectivity index (χ4v) is 7.98. The summed E-state index contributed by atoms with van der Waals surface area (Å²) in [6, 6.07) is 59.0. The van der Waals surface area contributed by atoms with Gasteiger partial charge in [-0.1, -0.05) is 140 Å². The summed E-state index contributed by atoms with van der Waals surface area (Å²) in [6.45, 7) is 0. The van der Waals surface area contributed by atoms with E-state index in [-0.39, 0.29) is 0 Å². The molecule has 0 atom stereocenters. The molecule has 3 heterocycles. The minimum atomic E-state index is 0.590. The van der Waals surface area contributed by atoms with E-state index < -0.39 is 0 Å². The van der Waals surface area contributed by atoms with Crippen molar-refractivity contribution in [2.75, 3.05) is 0 Å². The highest BCUT2D eigenvalue weighted by Crippen LogP contribution is 2.40. The van der Waals surface area contributed by atoms with Gasteiger partial charge in [0, 0.05) is 45.2 Å². The number of hydrogen-bond acceptors (Lipinski definition) is 5. The molecule has 0 N–H and O–H groups in total. The van der Waals surface area contributed by atoms with Crippen molar-refractivity contribution in [2.45, 2.75) is 0 Å². The van der Waals surface area contributed by atoms with E-state index in [9.17, 15) is 0 Å². The molecule has 11 rings (SSSR count). The normalized spacial score (nSPS) is 11.6. The summed E-state index contributed by atoms with van der Waals surface area (Å²) in [4.78, 5) is 20.0. The average molecular weight is 703 g/mol. The Morgan fingerprint density at radius 3 is 1.93 bits per heavy atom. The van der Waals surface area contributed by atoms with E-state index in [2.05, 4.69) is 138 Å². The summed E-state index contributed by atoms with van der Waals surface area (Å²) in [5, 5.41) is 9.14. The average Bonchev–Trinajstić information content (AvgIpc) is 3.65. The second kappa shape index (κ2) is 12.6. The van der Waals surface area contributed by atoms with Crippen LogP contribution in [-0.4, -0.2) is 19.9 Å². The largest absolute Gasteiger partial charge is 0.456 e. The second-order valence-electron chi connectivity index (χ2n) is 13.8. The Morgan fingerprint density at radius 2 is 1.04 bits per heavy atom. The Balaban J connectivity index is 1.10. The van der Waals surface area contributed by atoms with Crippen LogP contribution in [0.25, 0.3) is 111 Å². The number of aromatic nitrogens is 4. The first-order chi connectivity index (χ1) is 27.2. The Labute approximate surface area is 316 Å². The molecule has 0 spiro atoms. The van der Waals surface area contributed by atoms with Gasteiger partial charge >= 0.3 is 0 Å². The van der Waals surface area contributed by atoms with Gasteiger partial charge in [-0.05, 0) is 79.5 Å². The van der Waals surface area contributed by atoms with E-state index in [0.717, 1.165) is 66.1 Å². The zero-order chi connectivity index (χ0) is 36.3. The van der Waals surface area contributed by atoms with Crippen molar-refractivity contribution in [3.63, 3.8) is 0 Å². The SMILES string of the molecule is c1ccc(-c2cccc(-c3nc(-c4ccc(-c5cc6ccncc6c6ccc7ccccc7c56)cc4)nc(-c4cccc5oc6ccccc6c45)n3)c2)cc1. The molecular weight excluding hydrogens is 673 g/mol. The highest BCUT2D eigenvalue weighted by Gasteiger charge is 2.19. The number of nitrogens with zero attached hydrogens (tertiary/aromatic N) is 4. The van der Waals surface area contributed by atoms with Crippen LogP contribution in [0.5, 0.6) is 0 Å². The topological polar surface area (TPSA) is 64.7 Å². The van der Waals surface area contributed by atoms with Crippen molar-refractivity contribution < 1.29 is 4.42 Å². The summed E-state index contributed by atoms with van der Waals surface area (Å²) >= 11 is 0. The third-order valence-electron chi connectivity index (χ3n) is 10.6. The number of para-hydroxylation sites is 1. The Morgan fingerprint density at radius 1 is 0.345 bits per heavy atom. The van der Waals surface area contributed by atoms with Gasteiger partial charge in [-0.2, -0.15) is 0 Å². The lowest BCUT2D eigenvalue weighted by Crippen LogP contribution is -2.00. The number of fused-ring (bicyclic) bond motifs is 8. The number of rotatable bonds is 5. The van der Waals surface area contributed by atoms with Crippen molar-refractivity contribution >= 4 is 54.3 Å². The summed E-state index contributed by atoms with van der Waals surface area (Å²) < 4.78 is 6.27. The molecule has 0 aliphatic rings. The zero-order valence-electron chi connectivity index (χ0n) is 29.5. The number of pyridine rings is 1. The summed E-state index contributed by atoms with van der Waals surface area (Å²) in [7, 11) is 0. The molecule has 0 fully saturated rings. The van der Waals surface area contributed by atoms with Gasteiger partial charge in [0.1, 0.15) is 11.2 Å². The van der Waals surface area contributed by atoms with E-state index >= 15 is 0 Å². The van der Waals surface area contributed by atoms with Gasteiger partial charge in [0.25, 0.3) is 0 Å². The van der Waals surface area contributed by atoms with Crippen LogP contribution in [0, 0.1) is 0 Å². The van der Waals surface area contributed by atoms with E-state index in [1.807, 2.05) is 48.8 Å². The van der Waals surface area contributed by atoms with E-state index in [4.69, 9.17) is 19.4 Å². The Hall–Kier alpha value is -7.50. The van der Waals surface area contributed by atoms with Crippen molar-refractivity contribution in [1.29, 1.82) is 0 Å². The summed E-state index contributed by atoms with van der Waals surface area (Å²) in [5.74, 6) is 1.79. The van der Waals surface area contributed by atoms with Gasteiger partial charge in [0.15, 0.2) is 17.5 Å². The van der Waals surface area contributed by atoms with Crippen molar-refractivity contribution in [3.8, 4) is 56.4 Å². The quantitative estimate of drug-likeness (QED) is 0.167. The molecule has 55 heavy (non-hydrogen) atoms. The maximum Gasteiger partial charge on any atom is 0.164 e. The van der Waals surface area contributed by atoms with Crippen LogP contribution in [0.15, 0.2) is 187 Å². The molecule has 8 aromatic carbocycles. The molecule has 0 saturated heterocycles. The first-order valence-corrected chi connectivity index (χ1v) is 18.4. The maximum atomic E-state index is 6.27. The van der Waals surface area contributed by atoms with Gasteiger partial charge in [-0.3, -0.25) is 4.98 Å². The predicted molar refractivity (Wildman–Crippen MR) is 225 cm³/mol. The van der Waals surface area contributed by atoms with E-state index in [0.29, 0.717) is 17.5 Å². The van der Waals surface area contributed by atoms with Crippen LogP contribution in [0.4, 0.5) is 0 Å². The molecule has 0 aliphatic heterocycles. The molecule has 5 heteroatoms. The molecule has 5 nitrogen and oxygen atoms in total. The van der Waals surface area contributed by atoms with Crippen LogP contribution in [0.1, 0.15) is 0 Å². The van der Waals surface area contributed by atoms with Crippen LogP contribution < -0.4 is 0 Å². The van der Waals surface area contributed by atoms with Crippen LogP contribution >= 0.6 is 0 Å². The van der Waals surface area contributed by atoms with Gasteiger partial charge in [0.05, 0.1) is 0 Å². The molecule has 0 bridgehead atoms. The summed E-state index contributed by atoms with van der Waals surface area (Å²) in [5.41, 5.74) is 8.85. The monoisotopic (exact) mass is 702 g/mol. The Bertz CT molecular complexity index is 3260. The zero-order valence-corrected chi connectivity index (χ0v) is 29.5. The van der Waals surface area contributed by atoms with Gasteiger partial charge < -0.3 is 4.42 Å². The third-order valence-corrected chi connectivity index (χ3v) is 10.6. The minimum Gasteiger partial charge on any atom is -0.456 e. The van der Waals surface area contributed by atoms with E-state index in [1.54, 1.807) is 0 Å². The fraction of sp³-hybridized carbons (Fsp3) is 0. The minimum absolute atomic E-state index is 0.590. The molecule has 3 aromatic heterocycles. The molecule has 256 valence electrons. The number of furan rings is 1. The highest BCUT2D eigenvalue weighted by atomic mass is 16.3. The van der Waals surface area contributed by atoms with Gasteiger partial charge in [-0.25, -0.2) is 15.0 Å². The second-order valence-corrected chi connectivity index (χ2v) is 13.8.